The van der Waals surface area contributed by atoms with E-state index in [9.17, 15) is 9.59 Å². The molecule has 0 atom stereocenters. The molecule has 8 heteroatoms. The number of ether oxygens (including phenoxy) is 1. The first-order chi connectivity index (χ1) is 14.0. The zero-order chi connectivity index (χ0) is 20.5. The normalized spacial score (nSPS) is 15.4. The lowest BCUT2D eigenvalue weighted by molar-refractivity contribution is -0.123. The summed E-state index contributed by atoms with van der Waals surface area (Å²) in [5.41, 5.74) is 4.89. The number of nitrogens with zero attached hydrogens (tertiary/aromatic N) is 2. The minimum absolute atomic E-state index is 0.268. The number of fused-ring (bicyclic) bond motifs is 1. The maximum Gasteiger partial charge on any atom is 0.285 e. The van der Waals surface area contributed by atoms with Crippen molar-refractivity contribution in [1.29, 1.82) is 0 Å². The highest BCUT2D eigenvalue weighted by molar-refractivity contribution is 8.26. The van der Waals surface area contributed by atoms with Gasteiger partial charge in [0.05, 0.1) is 17.6 Å². The number of nitrogens with one attached hydrogen (secondary N) is 1. The number of para-hydroxylation sites is 2. The number of thiocarbonyl (C=S) groups is 1. The molecule has 0 spiro atoms. The SMILES string of the molecule is COc1ccccc1C(=O)NN1C(=O)/C(=C/c2cn(C)c3ccccc23)SC1=S. The van der Waals surface area contributed by atoms with E-state index in [-0.39, 0.29) is 10.2 Å². The molecule has 2 aromatic carbocycles. The van der Waals surface area contributed by atoms with Crippen molar-refractivity contribution >= 4 is 57.1 Å². The molecular formula is C21H17N3O3S2. The number of aryl methyl sites for hydroxylation is 1. The molecule has 29 heavy (non-hydrogen) atoms. The number of rotatable bonds is 4. The highest BCUT2D eigenvalue weighted by Gasteiger charge is 2.34. The Morgan fingerprint density at radius 1 is 1.17 bits per heavy atom. The van der Waals surface area contributed by atoms with E-state index in [4.69, 9.17) is 17.0 Å². The van der Waals surface area contributed by atoms with E-state index in [0.29, 0.717) is 16.2 Å². The highest BCUT2D eigenvalue weighted by atomic mass is 32.2. The minimum atomic E-state index is -0.467. The lowest BCUT2D eigenvalue weighted by Gasteiger charge is -2.16. The number of hydrazine groups is 1. The molecule has 0 unspecified atom stereocenters. The predicted octanol–water partition coefficient (Wildman–Crippen LogP) is 3.73. The van der Waals surface area contributed by atoms with Gasteiger partial charge in [0, 0.05) is 29.7 Å². The molecule has 146 valence electrons. The van der Waals surface area contributed by atoms with Gasteiger partial charge in [-0.25, -0.2) is 0 Å². The summed E-state index contributed by atoms with van der Waals surface area (Å²) in [5, 5.41) is 2.14. The van der Waals surface area contributed by atoms with E-state index in [1.54, 1.807) is 30.3 Å². The van der Waals surface area contributed by atoms with Gasteiger partial charge in [-0.1, -0.05) is 42.1 Å². The van der Waals surface area contributed by atoms with Crippen molar-refractivity contribution in [3.8, 4) is 5.75 Å². The fourth-order valence-corrected chi connectivity index (χ4v) is 4.36. The molecule has 1 saturated heterocycles. The summed E-state index contributed by atoms with van der Waals surface area (Å²) in [6.07, 6.45) is 3.77. The van der Waals surface area contributed by atoms with Crippen LogP contribution in [0.15, 0.2) is 59.6 Å². The molecule has 0 aliphatic carbocycles. The van der Waals surface area contributed by atoms with Crippen molar-refractivity contribution < 1.29 is 14.3 Å². The summed E-state index contributed by atoms with van der Waals surface area (Å²) in [6.45, 7) is 0. The van der Waals surface area contributed by atoms with Gasteiger partial charge in [-0.2, -0.15) is 5.01 Å². The molecule has 2 amide bonds. The maximum atomic E-state index is 12.9. The molecule has 1 fully saturated rings. The fraction of sp³-hybridized carbons (Fsp3) is 0.0952. The van der Waals surface area contributed by atoms with Crippen LogP contribution in [0.1, 0.15) is 15.9 Å². The predicted molar refractivity (Wildman–Crippen MR) is 118 cm³/mol. The van der Waals surface area contributed by atoms with Crippen molar-refractivity contribution in [3.63, 3.8) is 0 Å². The van der Waals surface area contributed by atoms with Crippen LogP contribution in [0.4, 0.5) is 0 Å². The van der Waals surface area contributed by atoms with Crippen LogP contribution in [0.2, 0.25) is 0 Å². The van der Waals surface area contributed by atoms with Crippen molar-refractivity contribution in [3.05, 3.63) is 70.8 Å². The zero-order valence-corrected chi connectivity index (χ0v) is 17.3. The first-order valence-corrected chi connectivity index (χ1v) is 9.98. The van der Waals surface area contributed by atoms with Crippen LogP contribution in [0.5, 0.6) is 5.75 Å². The molecule has 1 N–H and O–H groups in total. The van der Waals surface area contributed by atoms with E-state index in [1.165, 1.54) is 7.11 Å². The fourth-order valence-electron chi connectivity index (χ4n) is 3.19. The second-order valence-electron chi connectivity index (χ2n) is 6.37. The lowest BCUT2D eigenvalue weighted by Crippen LogP contribution is -2.44. The highest BCUT2D eigenvalue weighted by Crippen LogP contribution is 2.33. The summed E-state index contributed by atoms with van der Waals surface area (Å²) < 4.78 is 7.49. The molecule has 3 aromatic rings. The Morgan fingerprint density at radius 3 is 2.69 bits per heavy atom. The number of thioether (sulfide) groups is 1. The standard InChI is InChI=1S/C21H17N3O3S2/c1-23-12-13(14-7-3-5-9-16(14)23)11-18-20(26)24(21(28)29-18)22-19(25)15-8-4-6-10-17(15)27-2/h3-12H,1-2H3,(H,22,25)/b18-11-. The van der Waals surface area contributed by atoms with E-state index in [0.717, 1.165) is 33.2 Å². The molecule has 0 bridgehead atoms. The third-order valence-corrected chi connectivity index (χ3v) is 5.88. The Labute approximate surface area is 177 Å². The van der Waals surface area contributed by atoms with Gasteiger partial charge in [0.25, 0.3) is 11.8 Å². The van der Waals surface area contributed by atoms with Crippen LogP contribution in [-0.2, 0) is 11.8 Å². The van der Waals surface area contributed by atoms with Crippen molar-refractivity contribution in [2.75, 3.05) is 7.11 Å². The number of carbonyl (C=O) groups excluding carboxylic acids is 2. The van der Waals surface area contributed by atoms with Crippen LogP contribution >= 0.6 is 24.0 Å². The summed E-state index contributed by atoms with van der Waals surface area (Å²) in [7, 11) is 3.44. The quantitative estimate of drug-likeness (QED) is 0.512. The van der Waals surface area contributed by atoms with E-state index in [1.807, 2.05) is 42.1 Å². The minimum Gasteiger partial charge on any atom is -0.496 e. The van der Waals surface area contributed by atoms with E-state index < -0.39 is 5.91 Å². The third kappa shape index (κ3) is 3.52. The van der Waals surface area contributed by atoms with Gasteiger partial charge in [0.1, 0.15) is 5.75 Å². The number of carbonyl (C=O) groups is 2. The van der Waals surface area contributed by atoms with E-state index in [2.05, 4.69) is 5.43 Å². The summed E-state index contributed by atoms with van der Waals surface area (Å²) in [4.78, 5) is 26.0. The van der Waals surface area contributed by atoms with Gasteiger partial charge in [-0.3, -0.25) is 15.0 Å². The summed E-state index contributed by atoms with van der Waals surface area (Å²) >= 11 is 6.47. The van der Waals surface area contributed by atoms with Crippen LogP contribution in [-0.4, -0.2) is 32.8 Å². The number of hydrogen-bond acceptors (Lipinski definition) is 5. The van der Waals surface area contributed by atoms with Gasteiger partial charge < -0.3 is 9.30 Å². The summed E-state index contributed by atoms with van der Waals surface area (Å²) in [5.74, 6) is -0.414. The Bertz CT molecular complexity index is 1180. The van der Waals surface area contributed by atoms with Gasteiger partial charge in [0.15, 0.2) is 4.32 Å². The topological polar surface area (TPSA) is 63.6 Å². The Hall–Kier alpha value is -3.10. The molecule has 4 rings (SSSR count). The van der Waals surface area contributed by atoms with Crippen LogP contribution in [0, 0.1) is 0 Å². The first-order valence-electron chi connectivity index (χ1n) is 8.75. The molecular weight excluding hydrogens is 406 g/mol. The Kier molecular flexibility index (Phi) is 5.12. The zero-order valence-electron chi connectivity index (χ0n) is 15.7. The van der Waals surface area contributed by atoms with Crippen molar-refractivity contribution in [1.82, 2.24) is 15.0 Å². The second kappa shape index (κ2) is 7.73. The molecule has 1 aromatic heterocycles. The molecule has 6 nitrogen and oxygen atoms in total. The Morgan fingerprint density at radius 2 is 1.90 bits per heavy atom. The molecule has 1 aliphatic heterocycles. The average Bonchev–Trinajstić information content (AvgIpc) is 3.19. The Balaban J connectivity index is 1.60. The average molecular weight is 424 g/mol. The number of benzene rings is 2. The largest absolute Gasteiger partial charge is 0.496 e. The summed E-state index contributed by atoms with van der Waals surface area (Å²) in [6, 6.07) is 14.7. The van der Waals surface area contributed by atoms with Crippen LogP contribution in [0.25, 0.3) is 17.0 Å². The van der Waals surface area contributed by atoms with Crippen LogP contribution in [0.3, 0.4) is 0 Å². The lowest BCUT2D eigenvalue weighted by atomic mass is 10.1. The number of amides is 2. The smallest absolute Gasteiger partial charge is 0.285 e. The molecule has 1 aliphatic rings. The van der Waals surface area contributed by atoms with Crippen molar-refractivity contribution in [2.45, 2.75) is 0 Å². The third-order valence-electron chi connectivity index (χ3n) is 4.57. The first kappa shape index (κ1) is 19.2. The van der Waals surface area contributed by atoms with Gasteiger partial charge >= 0.3 is 0 Å². The second-order valence-corrected chi connectivity index (χ2v) is 8.05. The number of methoxy groups -OCH3 is 1. The number of aromatic nitrogens is 1. The van der Waals surface area contributed by atoms with Crippen LogP contribution < -0.4 is 10.2 Å². The molecule has 0 saturated carbocycles. The van der Waals surface area contributed by atoms with Gasteiger partial charge in [-0.05, 0) is 36.5 Å². The monoisotopic (exact) mass is 423 g/mol. The maximum absolute atomic E-state index is 12.9. The number of hydrogen-bond donors (Lipinski definition) is 1. The molecule has 0 radical (unpaired) electrons. The van der Waals surface area contributed by atoms with Crippen molar-refractivity contribution in [2.24, 2.45) is 7.05 Å². The van der Waals surface area contributed by atoms with Gasteiger partial charge in [0.2, 0.25) is 0 Å². The van der Waals surface area contributed by atoms with Gasteiger partial charge in [-0.15, -0.1) is 0 Å². The molecule has 2 heterocycles. The van der Waals surface area contributed by atoms with E-state index >= 15 is 0 Å².